The van der Waals surface area contributed by atoms with E-state index in [-0.39, 0.29) is 0 Å². The lowest BCUT2D eigenvalue weighted by atomic mass is 10.3. The van der Waals surface area contributed by atoms with Gasteiger partial charge in [0.25, 0.3) is 5.91 Å². The van der Waals surface area contributed by atoms with Crippen molar-refractivity contribution >= 4 is 49.3 Å². The summed E-state index contributed by atoms with van der Waals surface area (Å²) in [6.45, 7) is 0. The van der Waals surface area contributed by atoms with E-state index in [9.17, 15) is 13.2 Å². The molecule has 0 fully saturated rings. The highest BCUT2D eigenvalue weighted by Crippen LogP contribution is 2.21. The molecule has 0 unspecified atom stereocenters. The van der Waals surface area contributed by atoms with E-state index in [1.54, 1.807) is 6.08 Å². The van der Waals surface area contributed by atoms with Crippen LogP contribution in [-0.4, -0.2) is 20.6 Å². The van der Waals surface area contributed by atoms with Crippen LogP contribution in [0.2, 0.25) is 0 Å². The summed E-state index contributed by atoms with van der Waals surface area (Å²) in [7, 11) is -3.48. The Bertz CT molecular complexity index is 490. The van der Waals surface area contributed by atoms with Gasteiger partial charge in [-0.25, -0.2) is 13.1 Å². The standard InChI is InChI=1S/C8H8BrNO3S2/c1-15(12,13)10-8(11)3-2-6-4-7(9)14-5-6/h2-5H,1H3,(H,10,11)/b3-2+. The minimum atomic E-state index is -3.48. The fourth-order valence-corrected chi connectivity index (χ4v) is 2.38. The molecule has 0 aliphatic rings. The van der Waals surface area contributed by atoms with Crippen molar-refractivity contribution in [3.63, 3.8) is 0 Å². The summed E-state index contributed by atoms with van der Waals surface area (Å²) in [4.78, 5) is 11.1. The highest BCUT2D eigenvalue weighted by atomic mass is 79.9. The molecular weight excluding hydrogens is 302 g/mol. The van der Waals surface area contributed by atoms with Crippen molar-refractivity contribution in [2.45, 2.75) is 0 Å². The SMILES string of the molecule is CS(=O)(=O)NC(=O)/C=C/c1csc(Br)c1. The van der Waals surface area contributed by atoms with Crippen molar-refractivity contribution in [1.82, 2.24) is 4.72 Å². The zero-order chi connectivity index (χ0) is 11.5. The van der Waals surface area contributed by atoms with E-state index in [1.165, 1.54) is 17.4 Å². The van der Waals surface area contributed by atoms with E-state index in [1.807, 2.05) is 16.2 Å². The molecule has 0 spiro atoms. The van der Waals surface area contributed by atoms with Crippen molar-refractivity contribution in [2.24, 2.45) is 0 Å². The Morgan fingerprint density at radius 1 is 1.60 bits per heavy atom. The van der Waals surface area contributed by atoms with Crippen molar-refractivity contribution in [3.8, 4) is 0 Å². The summed E-state index contributed by atoms with van der Waals surface area (Å²) in [6.07, 6.45) is 3.65. The minimum absolute atomic E-state index is 0.653. The van der Waals surface area contributed by atoms with Crippen LogP contribution in [0, 0.1) is 0 Å². The number of nitrogens with one attached hydrogen (secondary N) is 1. The largest absolute Gasteiger partial charge is 0.269 e. The van der Waals surface area contributed by atoms with E-state index in [4.69, 9.17) is 0 Å². The molecule has 1 amide bonds. The van der Waals surface area contributed by atoms with Crippen LogP contribution >= 0.6 is 27.3 Å². The second kappa shape index (κ2) is 4.91. The smallest absolute Gasteiger partial charge is 0.257 e. The molecule has 0 saturated heterocycles. The maximum Gasteiger partial charge on any atom is 0.257 e. The number of sulfonamides is 1. The molecule has 15 heavy (non-hydrogen) atoms. The van der Waals surface area contributed by atoms with Crippen LogP contribution < -0.4 is 4.72 Å². The summed E-state index contributed by atoms with van der Waals surface area (Å²) in [5.41, 5.74) is 0.843. The predicted octanol–water partition coefficient (Wildman–Crippen LogP) is 1.60. The minimum Gasteiger partial charge on any atom is -0.269 e. The second-order valence-corrected chi connectivity index (χ2v) is 6.79. The normalized spacial score (nSPS) is 11.9. The third-order valence-corrected chi connectivity index (χ3v) is 3.40. The molecule has 0 atom stereocenters. The fourth-order valence-electron chi connectivity index (χ4n) is 0.799. The van der Waals surface area contributed by atoms with Gasteiger partial charge in [0, 0.05) is 6.08 Å². The summed E-state index contributed by atoms with van der Waals surface area (Å²) < 4.78 is 24.2. The monoisotopic (exact) mass is 309 g/mol. The van der Waals surface area contributed by atoms with Crippen LogP contribution in [0.4, 0.5) is 0 Å². The zero-order valence-corrected chi connectivity index (χ0v) is 10.9. The van der Waals surface area contributed by atoms with Gasteiger partial charge in [-0.05, 0) is 39.0 Å². The van der Waals surface area contributed by atoms with Crippen molar-refractivity contribution in [2.75, 3.05) is 6.26 Å². The van der Waals surface area contributed by atoms with Gasteiger partial charge in [-0.3, -0.25) is 4.79 Å². The van der Waals surface area contributed by atoms with Crippen LogP contribution in [0.3, 0.4) is 0 Å². The molecule has 1 heterocycles. The molecule has 0 aliphatic carbocycles. The molecule has 0 aliphatic heterocycles. The van der Waals surface area contributed by atoms with Crippen molar-refractivity contribution in [1.29, 1.82) is 0 Å². The van der Waals surface area contributed by atoms with Crippen LogP contribution in [0.5, 0.6) is 0 Å². The van der Waals surface area contributed by atoms with E-state index in [0.717, 1.165) is 15.6 Å². The molecule has 4 nitrogen and oxygen atoms in total. The summed E-state index contributed by atoms with van der Waals surface area (Å²) >= 11 is 4.76. The van der Waals surface area contributed by atoms with Crippen LogP contribution in [-0.2, 0) is 14.8 Å². The van der Waals surface area contributed by atoms with Gasteiger partial charge in [0.15, 0.2) is 0 Å². The third kappa shape index (κ3) is 5.10. The third-order valence-electron chi connectivity index (χ3n) is 1.30. The Labute approximate surface area is 100 Å². The summed E-state index contributed by atoms with van der Waals surface area (Å²) in [5, 5.41) is 1.84. The Morgan fingerprint density at radius 3 is 2.73 bits per heavy atom. The number of carbonyl (C=O) groups is 1. The van der Waals surface area contributed by atoms with E-state index < -0.39 is 15.9 Å². The fraction of sp³-hybridized carbons (Fsp3) is 0.125. The van der Waals surface area contributed by atoms with Crippen molar-refractivity contribution < 1.29 is 13.2 Å². The van der Waals surface area contributed by atoms with Gasteiger partial charge < -0.3 is 0 Å². The predicted molar refractivity (Wildman–Crippen MR) is 64.0 cm³/mol. The Hall–Kier alpha value is -0.660. The average Bonchev–Trinajstić information content (AvgIpc) is 2.45. The quantitative estimate of drug-likeness (QED) is 0.863. The lowest BCUT2D eigenvalue weighted by molar-refractivity contribution is -0.114. The number of rotatable bonds is 3. The number of thiophene rings is 1. The molecule has 0 saturated carbocycles. The molecular formula is C8H8BrNO3S2. The Morgan fingerprint density at radius 2 is 2.27 bits per heavy atom. The van der Waals surface area contributed by atoms with E-state index in [2.05, 4.69) is 15.9 Å². The molecule has 0 aromatic carbocycles. The van der Waals surface area contributed by atoms with E-state index >= 15 is 0 Å². The number of hydrogen-bond donors (Lipinski definition) is 1. The van der Waals surface area contributed by atoms with Gasteiger partial charge in [0.2, 0.25) is 10.0 Å². The first kappa shape index (κ1) is 12.4. The van der Waals surface area contributed by atoms with Gasteiger partial charge in [-0.2, -0.15) is 0 Å². The van der Waals surface area contributed by atoms with E-state index in [0.29, 0.717) is 0 Å². The Kier molecular flexibility index (Phi) is 4.06. The number of carbonyl (C=O) groups excluding carboxylic acids is 1. The van der Waals surface area contributed by atoms with Crippen LogP contribution in [0.1, 0.15) is 5.56 Å². The molecule has 0 bridgehead atoms. The summed E-state index contributed by atoms with van der Waals surface area (Å²) in [6, 6.07) is 1.83. The van der Waals surface area contributed by atoms with Gasteiger partial charge in [-0.1, -0.05) is 0 Å². The maximum atomic E-state index is 11.1. The molecule has 0 radical (unpaired) electrons. The lowest BCUT2D eigenvalue weighted by Crippen LogP contribution is -2.27. The highest BCUT2D eigenvalue weighted by molar-refractivity contribution is 9.11. The lowest BCUT2D eigenvalue weighted by Gasteiger charge is -1.95. The van der Waals surface area contributed by atoms with Gasteiger partial charge in [-0.15, -0.1) is 11.3 Å². The average molecular weight is 310 g/mol. The highest BCUT2D eigenvalue weighted by Gasteiger charge is 2.04. The first-order valence-electron chi connectivity index (χ1n) is 3.81. The number of halogens is 1. The molecule has 1 aromatic rings. The molecule has 1 aromatic heterocycles. The zero-order valence-electron chi connectivity index (χ0n) is 7.73. The molecule has 1 N–H and O–H groups in total. The van der Waals surface area contributed by atoms with Gasteiger partial charge >= 0.3 is 0 Å². The van der Waals surface area contributed by atoms with Crippen LogP contribution in [0.15, 0.2) is 21.3 Å². The molecule has 1 rings (SSSR count). The molecule has 82 valence electrons. The second-order valence-electron chi connectivity index (χ2n) is 2.76. The van der Waals surface area contributed by atoms with Gasteiger partial charge in [0.05, 0.1) is 10.0 Å². The first-order valence-corrected chi connectivity index (χ1v) is 7.37. The van der Waals surface area contributed by atoms with Crippen LogP contribution in [0.25, 0.3) is 6.08 Å². The number of hydrogen-bond acceptors (Lipinski definition) is 4. The number of amides is 1. The maximum absolute atomic E-state index is 11.1. The summed E-state index contributed by atoms with van der Waals surface area (Å²) in [5.74, 6) is -0.653. The Balaban J connectivity index is 2.63. The van der Waals surface area contributed by atoms with Crippen molar-refractivity contribution in [3.05, 3.63) is 26.9 Å². The first-order chi connectivity index (χ1) is 6.87. The molecule has 7 heteroatoms. The topological polar surface area (TPSA) is 63.2 Å². The van der Waals surface area contributed by atoms with Gasteiger partial charge in [0.1, 0.15) is 0 Å².